The first kappa shape index (κ1) is 8.99. The average Bonchev–Trinajstić information content (AvgIpc) is 2.04. The van der Waals surface area contributed by atoms with Gasteiger partial charge in [0.05, 0.1) is 4.92 Å². The summed E-state index contributed by atoms with van der Waals surface area (Å²) < 4.78 is 5.07. The molecule has 1 aliphatic heterocycles. The Morgan fingerprint density at radius 3 is 3.17 bits per heavy atom. The van der Waals surface area contributed by atoms with Crippen LogP contribution in [0.1, 0.15) is 12.8 Å². The zero-order valence-electron chi connectivity index (χ0n) is 6.95. The van der Waals surface area contributed by atoms with Crippen LogP contribution in [0.3, 0.4) is 0 Å². The summed E-state index contributed by atoms with van der Waals surface area (Å²) in [5.41, 5.74) is 0.578. The van der Waals surface area contributed by atoms with Crippen LogP contribution in [0.5, 0.6) is 0 Å². The predicted molar refractivity (Wildman–Crippen MR) is 43.1 cm³/mol. The van der Waals surface area contributed by atoms with E-state index in [9.17, 15) is 10.1 Å². The van der Waals surface area contributed by atoms with Gasteiger partial charge < -0.3 is 10.1 Å². The van der Waals surface area contributed by atoms with Gasteiger partial charge in [-0.25, -0.2) is 0 Å². The van der Waals surface area contributed by atoms with Gasteiger partial charge in [-0.2, -0.15) is 0 Å². The number of hydrogen-bond acceptors (Lipinski definition) is 4. The lowest BCUT2D eigenvalue weighted by molar-refractivity contribution is -0.404. The summed E-state index contributed by atoms with van der Waals surface area (Å²) in [7, 11) is 1.56. The molecule has 0 saturated carbocycles. The Hall–Kier alpha value is -1.10. The molecule has 1 atom stereocenters. The van der Waals surface area contributed by atoms with Gasteiger partial charge in [0.1, 0.15) is 11.8 Å². The lowest BCUT2D eigenvalue weighted by atomic mass is 10.1. The molecule has 1 saturated heterocycles. The van der Waals surface area contributed by atoms with Gasteiger partial charge >= 0.3 is 0 Å². The van der Waals surface area contributed by atoms with Crippen LogP contribution >= 0.6 is 0 Å². The minimum atomic E-state index is -0.459. The first-order valence-electron chi connectivity index (χ1n) is 3.86. The predicted octanol–water partition coefficient (Wildman–Crippen LogP) is 0.503. The number of piperidine rings is 1. The van der Waals surface area contributed by atoms with Crippen LogP contribution in [-0.4, -0.2) is 24.7 Å². The number of nitro groups is 1. The van der Waals surface area contributed by atoms with Gasteiger partial charge in [0, 0.05) is 13.7 Å². The van der Waals surface area contributed by atoms with Crippen molar-refractivity contribution >= 4 is 0 Å². The van der Waals surface area contributed by atoms with Gasteiger partial charge in [0.25, 0.3) is 6.20 Å². The second-order valence-corrected chi connectivity index (χ2v) is 2.66. The first-order chi connectivity index (χ1) is 5.74. The van der Waals surface area contributed by atoms with Crippen molar-refractivity contribution in [1.29, 1.82) is 0 Å². The smallest absolute Gasteiger partial charge is 0.255 e. The van der Waals surface area contributed by atoms with Gasteiger partial charge in [-0.05, 0) is 12.8 Å². The molecule has 0 aliphatic carbocycles. The Balaban J connectivity index is 2.64. The van der Waals surface area contributed by atoms with E-state index in [4.69, 9.17) is 4.74 Å². The maximum absolute atomic E-state index is 10.2. The molecule has 0 amide bonds. The van der Waals surface area contributed by atoms with Crippen molar-refractivity contribution < 1.29 is 9.66 Å². The molecule has 1 heterocycles. The molecular formula is C7H12N2O3. The number of rotatable bonds is 2. The third kappa shape index (κ3) is 2.20. The minimum Gasteiger partial charge on any atom is -0.381 e. The van der Waals surface area contributed by atoms with E-state index in [-0.39, 0.29) is 6.10 Å². The highest BCUT2D eigenvalue weighted by molar-refractivity contribution is 5.05. The Kier molecular flexibility index (Phi) is 3.04. The molecule has 0 radical (unpaired) electrons. The standard InChI is InChI=1S/C7H12N2O3/c1-12-7-3-2-4-8-6(7)5-9(10)11/h5,7-8H,2-4H2,1H3. The van der Waals surface area contributed by atoms with Crippen LogP contribution < -0.4 is 5.32 Å². The first-order valence-corrected chi connectivity index (χ1v) is 3.86. The largest absolute Gasteiger partial charge is 0.381 e. The van der Waals surface area contributed by atoms with Crippen LogP contribution in [0.4, 0.5) is 0 Å². The second-order valence-electron chi connectivity index (χ2n) is 2.66. The van der Waals surface area contributed by atoms with E-state index in [1.807, 2.05) is 0 Å². The molecule has 1 unspecified atom stereocenters. The maximum atomic E-state index is 10.2. The molecule has 1 fully saturated rings. The number of hydrogen-bond donors (Lipinski definition) is 1. The zero-order valence-corrected chi connectivity index (χ0v) is 6.95. The molecule has 0 aromatic carbocycles. The van der Waals surface area contributed by atoms with Crippen LogP contribution in [0.15, 0.2) is 11.9 Å². The molecular weight excluding hydrogens is 160 g/mol. The fourth-order valence-corrected chi connectivity index (χ4v) is 1.28. The molecule has 5 nitrogen and oxygen atoms in total. The summed E-state index contributed by atoms with van der Waals surface area (Å²) in [6.45, 7) is 0.791. The lowest BCUT2D eigenvalue weighted by Gasteiger charge is -2.23. The van der Waals surface area contributed by atoms with Crippen molar-refractivity contribution in [2.24, 2.45) is 0 Å². The van der Waals surface area contributed by atoms with E-state index in [0.29, 0.717) is 5.70 Å². The molecule has 0 spiro atoms. The second kappa shape index (κ2) is 4.06. The van der Waals surface area contributed by atoms with E-state index in [0.717, 1.165) is 25.6 Å². The average molecular weight is 172 g/mol. The van der Waals surface area contributed by atoms with Crippen LogP contribution in [0, 0.1) is 10.1 Å². The molecule has 0 aromatic rings. The Morgan fingerprint density at radius 2 is 2.58 bits per heavy atom. The van der Waals surface area contributed by atoms with E-state index in [1.165, 1.54) is 0 Å². The van der Waals surface area contributed by atoms with Crippen LogP contribution in [0.25, 0.3) is 0 Å². The molecule has 68 valence electrons. The third-order valence-electron chi connectivity index (χ3n) is 1.85. The van der Waals surface area contributed by atoms with Gasteiger partial charge in [-0.15, -0.1) is 0 Å². The Morgan fingerprint density at radius 1 is 1.83 bits per heavy atom. The highest BCUT2D eigenvalue weighted by atomic mass is 16.6. The highest BCUT2D eigenvalue weighted by Gasteiger charge is 2.20. The number of nitrogens with zero attached hydrogens (tertiary/aromatic N) is 1. The monoisotopic (exact) mass is 172 g/mol. The Labute approximate surface area is 70.5 Å². The molecule has 0 bridgehead atoms. The summed E-state index contributed by atoms with van der Waals surface area (Å²) in [5, 5.41) is 13.1. The molecule has 1 N–H and O–H groups in total. The topological polar surface area (TPSA) is 64.4 Å². The molecule has 0 aromatic heterocycles. The number of methoxy groups -OCH3 is 1. The van der Waals surface area contributed by atoms with Crippen molar-refractivity contribution in [3.8, 4) is 0 Å². The maximum Gasteiger partial charge on any atom is 0.255 e. The van der Waals surface area contributed by atoms with Gasteiger partial charge in [0.2, 0.25) is 0 Å². The van der Waals surface area contributed by atoms with Gasteiger partial charge in [0.15, 0.2) is 0 Å². The lowest BCUT2D eigenvalue weighted by Crippen LogP contribution is -2.33. The number of ether oxygens (including phenoxy) is 1. The van der Waals surface area contributed by atoms with Crippen molar-refractivity contribution in [3.05, 3.63) is 22.0 Å². The quantitative estimate of drug-likeness (QED) is 0.486. The summed E-state index contributed by atoms with van der Waals surface area (Å²) in [4.78, 5) is 9.70. The number of nitrogens with one attached hydrogen (secondary N) is 1. The van der Waals surface area contributed by atoms with E-state index < -0.39 is 4.92 Å². The minimum absolute atomic E-state index is 0.135. The van der Waals surface area contributed by atoms with Crippen molar-refractivity contribution in [2.45, 2.75) is 18.9 Å². The molecule has 1 rings (SSSR count). The zero-order chi connectivity index (χ0) is 8.97. The van der Waals surface area contributed by atoms with Crippen molar-refractivity contribution in [1.82, 2.24) is 5.32 Å². The fourth-order valence-electron chi connectivity index (χ4n) is 1.28. The molecule has 12 heavy (non-hydrogen) atoms. The normalized spacial score (nSPS) is 26.8. The fraction of sp³-hybridized carbons (Fsp3) is 0.714. The van der Waals surface area contributed by atoms with Crippen molar-refractivity contribution in [3.63, 3.8) is 0 Å². The van der Waals surface area contributed by atoms with E-state index >= 15 is 0 Å². The third-order valence-corrected chi connectivity index (χ3v) is 1.85. The van der Waals surface area contributed by atoms with Crippen LogP contribution in [-0.2, 0) is 4.74 Å². The Bertz CT molecular complexity index is 203. The van der Waals surface area contributed by atoms with Crippen LogP contribution in [0.2, 0.25) is 0 Å². The van der Waals surface area contributed by atoms with Gasteiger partial charge in [-0.1, -0.05) is 0 Å². The molecule has 5 heteroatoms. The summed E-state index contributed by atoms with van der Waals surface area (Å²) in [6, 6.07) is 0. The van der Waals surface area contributed by atoms with E-state index in [1.54, 1.807) is 7.11 Å². The molecule has 1 aliphatic rings. The van der Waals surface area contributed by atoms with E-state index in [2.05, 4.69) is 5.32 Å². The highest BCUT2D eigenvalue weighted by Crippen LogP contribution is 2.14. The van der Waals surface area contributed by atoms with Crippen molar-refractivity contribution in [2.75, 3.05) is 13.7 Å². The summed E-state index contributed by atoms with van der Waals surface area (Å²) >= 11 is 0. The van der Waals surface area contributed by atoms with Gasteiger partial charge in [-0.3, -0.25) is 10.1 Å². The SMILES string of the molecule is COC1CCCNC1=C[N+](=O)[O-]. The summed E-state index contributed by atoms with van der Waals surface area (Å²) in [6.07, 6.45) is 2.69. The summed E-state index contributed by atoms with van der Waals surface area (Å²) in [5.74, 6) is 0.